The van der Waals surface area contributed by atoms with E-state index in [0.717, 1.165) is 36.3 Å². The van der Waals surface area contributed by atoms with E-state index in [1.807, 2.05) is 36.4 Å². The third-order valence-corrected chi connectivity index (χ3v) is 6.84. The highest BCUT2D eigenvalue weighted by Crippen LogP contribution is 2.35. The van der Waals surface area contributed by atoms with E-state index in [9.17, 15) is 9.90 Å². The second kappa shape index (κ2) is 8.86. The number of fused-ring (bicyclic) bond motifs is 1. The van der Waals surface area contributed by atoms with Crippen molar-refractivity contribution in [3.8, 4) is 0 Å². The van der Waals surface area contributed by atoms with E-state index >= 15 is 0 Å². The molecule has 32 heavy (non-hydrogen) atoms. The minimum absolute atomic E-state index is 0.255. The van der Waals surface area contributed by atoms with Gasteiger partial charge in [0.15, 0.2) is 5.76 Å². The zero-order valence-corrected chi connectivity index (χ0v) is 18.5. The first kappa shape index (κ1) is 20.9. The fraction of sp³-hybridized carbons (Fsp3) is 0.280. The molecule has 3 aromatic heterocycles. The van der Waals surface area contributed by atoms with Crippen molar-refractivity contribution < 1.29 is 14.3 Å². The minimum atomic E-state index is -0.863. The zero-order chi connectivity index (χ0) is 22.0. The lowest BCUT2D eigenvalue weighted by atomic mass is 9.84. The fourth-order valence-electron chi connectivity index (χ4n) is 4.22. The van der Waals surface area contributed by atoms with Crippen molar-refractivity contribution in [3.63, 3.8) is 0 Å². The van der Waals surface area contributed by atoms with Crippen LogP contribution in [0.25, 0.3) is 11.0 Å². The van der Waals surface area contributed by atoms with Crippen molar-refractivity contribution in [2.24, 2.45) is 0 Å². The van der Waals surface area contributed by atoms with Crippen molar-refractivity contribution in [2.75, 3.05) is 13.1 Å². The first-order valence-electron chi connectivity index (χ1n) is 10.8. The van der Waals surface area contributed by atoms with Crippen LogP contribution in [0.2, 0.25) is 0 Å². The molecule has 0 spiro atoms. The van der Waals surface area contributed by atoms with Gasteiger partial charge in [0.05, 0.1) is 17.8 Å². The highest BCUT2D eigenvalue weighted by molar-refractivity contribution is 7.07. The molecule has 0 unspecified atom stereocenters. The van der Waals surface area contributed by atoms with E-state index in [4.69, 9.17) is 4.42 Å². The summed E-state index contributed by atoms with van der Waals surface area (Å²) < 4.78 is 5.75. The summed E-state index contributed by atoms with van der Waals surface area (Å²) in [6.45, 7) is 2.95. The van der Waals surface area contributed by atoms with Crippen LogP contribution in [-0.2, 0) is 18.7 Å². The highest BCUT2D eigenvalue weighted by Gasteiger charge is 2.34. The third-order valence-electron chi connectivity index (χ3n) is 6.10. The summed E-state index contributed by atoms with van der Waals surface area (Å²) >= 11 is 1.72. The van der Waals surface area contributed by atoms with Gasteiger partial charge in [0.2, 0.25) is 0 Å². The van der Waals surface area contributed by atoms with Crippen molar-refractivity contribution in [1.29, 1.82) is 0 Å². The van der Waals surface area contributed by atoms with Crippen molar-refractivity contribution in [3.05, 3.63) is 88.1 Å². The number of carbonyl (C=O) groups is 1. The number of nitrogens with zero attached hydrogens (tertiary/aromatic N) is 2. The van der Waals surface area contributed by atoms with E-state index in [0.29, 0.717) is 25.0 Å². The van der Waals surface area contributed by atoms with Crippen LogP contribution >= 0.6 is 11.3 Å². The molecular weight excluding hydrogens is 422 g/mol. The van der Waals surface area contributed by atoms with Crippen LogP contribution in [-0.4, -0.2) is 34.0 Å². The average molecular weight is 448 g/mol. The van der Waals surface area contributed by atoms with E-state index in [1.54, 1.807) is 23.6 Å². The van der Waals surface area contributed by atoms with Crippen LogP contribution in [0, 0.1) is 0 Å². The second-order valence-electron chi connectivity index (χ2n) is 8.31. The summed E-state index contributed by atoms with van der Waals surface area (Å²) in [7, 11) is 0. The highest BCUT2D eigenvalue weighted by atomic mass is 32.1. The van der Waals surface area contributed by atoms with Gasteiger partial charge in [-0.2, -0.15) is 11.3 Å². The Kier molecular flexibility index (Phi) is 5.78. The molecule has 5 rings (SSSR count). The molecule has 6 nitrogen and oxygen atoms in total. The number of rotatable bonds is 6. The van der Waals surface area contributed by atoms with Crippen LogP contribution < -0.4 is 5.32 Å². The number of nitrogens with one attached hydrogen (secondary N) is 1. The van der Waals surface area contributed by atoms with Gasteiger partial charge in [0, 0.05) is 31.2 Å². The topological polar surface area (TPSA) is 78.6 Å². The summed E-state index contributed by atoms with van der Waals surface area (Å²) in [5.74, 6) is -0.0282. The van der Waals surface area contributed by atoms with Gasteiger partial charge in [0.1, 0.15) is 5.58 Å². The van der Waals surface area contributed by atoms with E-state index < -0.39 is 5.60 Å². The minimum Gasteiger partial charge on any atom is -0.451 e. The normalized spacial score (nSPS) is 16.3. The molecule has 0 atom stereocenters. The zero-order valence-electron chi connectivity index (χ0n) is 17.7. The maximum absolute atomic E-state index is 12.5. The Labute approximate surface area is 190 Å². The summed E-state index contributed by atoms with van der Waals surface area (Å²) in [5, 5.41) is 19.3. The van der Waals surface area contributed by atoms with Gasteiger partial charge >= 0.3 is 0 Å². The number of aliphatic hydroxyl groups is 1. The molecule has 1 fully saturated rings. The molecule has 7 heteroatoms. The Morgan fingerprint density at radius 2 is 2.06 bits per heavy atom. The molecule has 4 aromatic rings. The quantitative estimate of drug-likeness (QED) is 0.461. The number of furan rings is 1. The van der Waals surface area contributed by atoms with Crippen LogP contribution in [0.4, 0.5) is 0 Å². The molecule has 0 saturated carbocycles. The molecule has 164 valence electrons. The second-order valence-corrected chi connectivity index (χ2v) is 9.09. The Hall–Kier alpha value is -3.00. The van der Waals surface area contributed by atoms with Crippen LogP contribution in [0.3, 0.4) is 0 Å². The number of hydrogen-bond acceptors (Lipinski definition) is 6. The van der Waals surface area contributed by atoms with Gasteiger partial charge in [0.25, 0.3) is 5.91 Å². The smallest absolute Gasteiger partial charge is 0.287 e. The fourth-order valence-corrected chi connectivity index (χ4v) is 4.88. The summed E-state index contributed by atoms with van der Waals surface area (Å²) in [6.07, 6.45) is 3.05. The lowest BCUT2D eigenvalue weighted by Crippen LogP contribution is -2.42. The van der Waals surface area contributed by atoms with E-state index in [-0.39, 0.29) is 11.7 Å². The van der Waals surface area contributed by atoms with Gasteiger partial charge in [-0.3, -0.25) is 14.7 Å². The maximum Gasteiger partial charge on any atom is 0.287 e. The first-order chi connectivity index (χ1) is 15.6. The molecule has 0 bridgehead atoms. The number of benzene rings is 1. The summed E-state index contributed by atoms with van der Waals surface area (Å²) in [6, 6.07) is 15.2. The standard InChI is InChI=1S/C25H25N3O3S/c29-24(27-15-21-3-1-2-9-26-21)23-14-19-13-20(4-5-22(19)31-23)25(30)7-10-28(11-8-25)16-18-6-12-32-17-18/h1-6,9,12-14,17,30H,7-8,10-11,15-16H2,(H,27,29). The third kappa shape index (κ3) is 4.46. The lowest BCUT2D eigenvalue weighted by Gasteiger charge is -2.38. The SMILES string of the molecule is O=C(NCc1ccccn1)c1cc2cc(C3(O)CCN(Cc4ccsc4)CC3)ccc2o1. The number of carbonyl (C=O) groups excluding carboxylic acids is 1. The number of aromatic nitrogens is 1. The van der Waals surface area contributed by atoms with Gasteiger partial charge < -0.3 is 14.8 Å². The van der Waals surface area contributed by atoms with Gasteiger partial charge in [-0.25, -0.2) is 0 Å². The first-order valence-corrected chi connectivity index (χ1v) is 11.7. The molecule has 2 N–H and O–H groups in total. The number of pyridine rings is 1. The summed E-state index contributed by atoms with van der Waals surface area (Å²) in [5.41, 5.74) is 2.76. The Bertz CT molecular complexity index is 1200. The van der Waals surface area contributed by atoms with Crippen molar-refractivity contribution in [1.82, 2.24) is 15.2 Å². The molecule has 4 heterocycles. The van der Waals surface area contributed by atoms with Crippen LogP contribution in [0.15, 0.2) is 69.9 Å². The molecule has 1 aliphatic rings. The number of amides is 1. The number of piperidine rings is 1. The van der Waals surface area contributed by atoms with Crippen molar-refractivity contribution in [2.45, 2.75) is 31.5 Å². The molecule has 0 aliphatic carbocycles. The van der Waals surface area contributed by atoms with Gasteiger partial charge in [-0.1, -0.05) is 12.1 Å². The van der Waals surface area contributed by atoms with E-state index in [1.165, 1.54) is 5.56 Å². The van der Waals surface area contributed by atoms with E-state index in [2.05, 4.69) is 32.0 Å². The summed E-state index contributed by atoms with van der Waals surface area (Å²) in [4.78, 5) is 19.1. The van der Waals surface area contributed by atoms with Gasteiger partial charge in [-0.15, -0.1) is 0 Å². The predicted molar refractivity (Wildman–Crippen MR) is 124 cm³/mol. The Morgan fingerprint density at radius 1 is 1.19 bits per heavy atom. The molecule has 1 amide bonds. The molecule has 0 radical (unpaired) electrons. The number of hydrogen-bond donors (Lipinski definition) is 2. The Balaban J connectivity index is 1.26. The number of thiophene rings is 1. The number of likely N-dealkylation sites (tertiary alicyclic amines) is 1. The maximum atomic E-state index is 12.5. The molecule has 1 aliphatic heterocycles. The Morgan fingerprint density at radius 3 is 2.81 bits per heavy atom. The predicted octanol–water partition coefficient (Wildman–Crippen LogP) is 4.30. The lowest BCUT2D eigenvalue weighted by molar-refractivity contribution is -0.0276. The van der Waals surface area contributed by atoms with Crippen molar-refractivity contribution >= 4 is 28.2 Å². The van der Waals surface area contributed by atoms with Gasteiger partial charge in [-0.05, 0) is 71.1 Å². The van der Waals surface area contributed by atoms with Crippen LogP contribution in [0.1, 0.15) is 40.2 Å². The molecule has 1 aromatic carbocycles. The monoisotopic (exact) mass is 447 g/mol. The molecule has 1 saturated heterocycles. The largest absolute Gasteiger partial charge is 0.451 e. The molecular formula is C25H25N3O3S. The average Bonchev–Trinajstić information content (AvgIpc) is 3.49. The van der Waals surface area contributed by atoms with Crippen LogP contribution in [0.5, 0.6) is 0 Å².